The van der Waals surface area contributed by atoms with Gasteiger partial charge < -0.3 is 16.0 Å². The van der Waals surface area contributed by atoms with Crippen LogP contribution in [0.3, 0.4) is 0 Å². The van der Waals surface area contributed by atoms with Gasteiger partial charge in [0, 0.05) is 24.5 Å². The van der Waals surface area contributed by atoms with Gasteiger partial charge >= 0.3 is 0 Å². The van der Waals surface area contributed by atoms with Crippen molar-refractivity contribution in [3.63, 3.8) is 0 Å². The highest BCUT2D eigenvalue weighted by Crippen LogP contribution is 2.17. The number of benzene rings is 2. The van der Waals surface area contributed by atoms with E-state index in [1.807, 2.05) is 37.3 Å². The molecular weight excluding hydrogens is 354 g/mol. The summed E-state index contributed by atoms with van der Waals surface area (Å²) in [5, 5.41) is 8.66. The third-order valence-corrected chi connectivity index (χ3v) is 4.00. The molecule has 0 saturated heterocycles. The van der Waals surface area contributed by atoms with E-state index in [4.69, 9.17) is 0 Å². The van der Waals surface area contributed by atoms with Crippen molar-refractivity contribution in [3.8, 4) is 0 Å². The monoisotopic (exact) mass is 375 g/mol. The highest BCUT2D eigenvalue weighted by atomic mass is 16.2. The number of carbonyl (C=O) groups excluding carboxylic acids is 2. The highest BCUT2D eigenvalue weighted by molar-refractivity contribution is 6.03. The Morgan fingerprint density at radius 2 is 1.54 bits per heavy atom. The number of rotatable bonds is 6. The number of hydrogen-bond acceptors (Lipinski definition) is 5. The van der Waals surface area contributed by atoms with Crippen LogP contribution in [0.25, 0.3) is 0 Å². The van der Waals surface area contributed by atoms with Gasteiger partial charge in [0.2, 0.25) is 11.9 Å². The quantitative estimate of drug-likeness (QED) is 0.608. The minimum atomic E-state index is -0.343. The van der Waals surface area contributed by atoms with E-state index in [1.165, 1.54) is 6.92 Å². The third-order valence-electron chi connectivity index (χ3n) is 4.00. The summed E-state index contributed by atoms with van der Waals surface area (Å²) in [4.78, 5) is 32.0. The van der Waals surface area contributed by atoms with Gasteiger partial charge in [-0.15, -0.1) is 0 Å². The van der Waals surface area contributed by atoms with Crippen molar-refractivity contribution in [2.45, 2.75) is 19.9 Å². The number of amides is 2. The van der Waals surface area contributed by atoms with Crippen LogP contribution in [0, 0.1) is 0 Å². The van der Waals surface area contributed by atoms with E-state index in [2.05, 4.69) is 25.9 Å². The van der Waals surface area contributed by atoms with Crippen LogP contribution < -0.4 is 16.0 Å². The zero-order valence-electron chi connectivity index (χ0n) is 15.6. The summed E-state index contributed by atoms with van der Waals surface area (Å²) >= 11 is 0. The van der Waals surface area contributed by atoms with Gasteiger partial charge in [-0.25, -0.2) is 9.97 Å². The molecule has 0 aliphatic carbocycles. The number of nitrogens with one attached hydrogen (secondary N) is 3. The first-order chi connectivity index (χ1) is 13.5. The van der Waals surface area contributed by atoms with Crippen LogP contribution in [-0.4, -0.2) is 21.8 Å². The molecule has 1 aromatic heterocycles. The Bertz CT molecular complexity index is 958. The standard InChI is InChI=1S/C21H21N5O2/c1-14(16-6-4-3-5-7-16)23-21-22-13-12-19(26-21)20(28)25-18-10-8-17(9-11-18)24-15(2)27/h3-14H,1-2H3,(H,24,27)(H,25,28)(H,22,23,26). The Hall–Kier alpha value is -3.74. The van der Waals surface area contributed by atoms with E-state index >= 15 is 0 Å². The lowest BCUT2D eigenvalue weighted by Gasteiger charge is -2.14. The Kier molecular flexibility index (Phi) is 5.96. The van der Waals surface area contributed by atoms with Crippen molar-refractivity contribution in [1.82, 2.24) is 9.97 Å². The molecule has 28 heavy (non-hydrogen) atoms. The van der Waals surface area contributed by atoms with Gasteiger partial charge in [0.05, 0.1) is 6.04 Å². The maximum absolute atomic E-state index is 12.5. The van der Waals surface area contributed by atoms with Crippen LogP contribution in [-0.2, 0) is 4.79 Å². The van der Waals surface area contributed by atoms with Gasteiger partial charge in [0.25, 0.3) is 5.91 Å². The van der Waals surface area contributed by atoms with Crippen LogP contribution >= 0.6 is 0 Å². The Balaban J connectivity index is 1.66. The molecule has 2 amide bonds. The lowest BCUT2D eigenvalue weighted by atomic mass is 10.1. The molecule has 1 unspecified atom stereocenters. The zero-order valence-corrected chi connectivity index (χ0v) is 15.6. The molecule has 0 aliphatic rings. The van der Waals surface area contributed by atoms with Crippen molar-refractivity contribution in [3.05, 3.63) is 78.1 Å². The van der Waals surface area contributed by atoms with Crippen LogP contribution in [0.15, 0.2) is 66.9 Å². The highest BCUT2D eigenvalue weighted by Gasteiger charge is 2.11. The average molecular weight is 375 g/mol. The third kappa shape index (κ3) is 5.14. The topological polar surface area (TPSA) is 96.0 Å². The van der Waals surface area contributed by atoms with Gasteiger partial charge in [0.15, 0.2) is 0 Å². The summed E-state index contributed by atoms with van der Waals surface area (Å²) in [6.45, 7) is 3.44. The smallest absolute Gasteiger partial charge is 0.274 e. The van der Waals surface area contributed by atoms with Crippen LogP contribution in [0.4, 0.5) is 17.3 Å². The molecule has 2 aromatic carbocycles. The molecule has 1 atom stereocenters. The summed E-state index contributed by atoms with van der Waals surface area (Å²) in [7, 11) is 0. The van der Waals surface area contributed by atoms with E-state index in [0.717, 1.165) is 5.56 Å². The SMILES string of the molecule is CC(=O)Nc1ccc(NC(=O)c2ccnc(NC(C)c3ccccc3)n2)cc1. The molecule has 3 rings (SSSR count). The molecule has 7 heteroatoms. The molecule has 0 saturated carbocycles. The van der Waals surface area contributed by atoms with Crippen molar-refractivity contribution in [1.29, 1.82) is 0 Å². The normalized spacial score (nSPS) is 11.4. The maximum Gasteiger partial charge on any atom is 0.274 e. The molecule has 0 aliphatic heterocycles. The van der Waals surface area contributed by atoms with Crippen LogP contribution in [0.2, 0.25) is 0 Å². The molecule has 7 nitrogen and oxygen atoms in total. The summed E-state index contributed by atoms with van der Waals surface area (Å²) in [5.41, 5.74) is 2.61. The summed E-state index contributed by atoms with van der Waals surface area (Å²) in [6, 6.07) is 18.3. The van der Waals surface area contributed by atoms with Crippen molar-refractivity contribution in [2.75, 3.05) is 16.0 Å². The molecule has 0 fully saturated rings. The molecule has 3 N–H and O–H groups in total. The largest absolute Gasteiger partial charge is 0.348 e. The number of nitrogens with zero attached hydrogens (tertiary/aromatic N) is 2. The second-order valence-corrected chi connectivity index (χ2v) is 6.25. The van der Waals surface area contributed by atoms with Crippen LogP contribution in [0.1, 0.15) is 35.9 Å². The first-order valence-electron chi connectivity index (χ1n) is 8.85. The second-order valence-electron chi connectivity index (χ2n) is 6.25. The minimum Gasteiger partial charge on any atom is -0.348 e. The fourth-order valence-corrected chi connectivity index (χ4v) is 2.61. The first kappa shape index (κ1) is 19.0. The predicted molar refractivity (Wildman–Crippen MR) is 109 cm³/mol. The van der Waals surface area contributed by atoms with Gasteiger partial charge in [-0.2, -0.15) is 0 Å². The molecule has 0 spiro atoms. The summed E-state index contributed by atoms with van der Waals surface area (Å²) in [6.07, 6.45) is 1.54. The lowest BCUT2D eigenvalue weighted by Crippen LogP contribution is -2.16. The molecule has 0 bridgehead atoms. The molecular formula is C21H21N5O2. The molecule has 0 radical (unpaired) electrons. The van der Waals surface area contributed by atoms with Gasteiger partial charge in [-0.05, 0) is 42.8 Å². The second kappa shape index (κ2) is 8.77. The Morgan fingerprint density at radius 3 is 2.18 bits per heavy atom. The minimum absolute atomic E-state index is 0.000770. The van der Waals surface area contributed by atoms with E-state index in [-0.39, 0.29) is 23.6 Å². The number of hydrogen-bond donors (Lipinski definition) is 3. The molecule has 3 aromatic rings. The number of anilines is 3. The fraction of sp³-hybridized carbons (Fsp3) is 0.143. The van der Waals surface area contributed by atoms with Crippen molar-refractivity contribution >= 4 is 29.1 Å². The first-order valence-corrected chi connectivity index (χ1v) is 8.85. The average Bonchev–Trinajstić information content (AvgIpc) is 2.70. The summed E-state index contributed by atoms with van der Waals surface area (Å²) in [5.74, 6) is -0.113. The van der Waals surface area contributed by atoms with Crippen LogP contribution in [0.5, 0.6) is 0 Å². The maximum atomic E-state index is 12.5. The predicted octanol–water partition coefficient (Wildman–Crippen LogP) is 3.86. The molecule has 142 valence electrons. The Morgan fingerprint density at radius 1 is 0.893 bits per heavy atom. The van der Waals surface area contributed by atoms with E-state index in [1.54, 1.807) is 36.5 Å². The van der Waals surface area contributed by atoms with E-state index in [0.29, 0.717) is 17.3 Å². The molecule has 1 heterocycles. The number of aromatic nitrogens is 2. The van der Waals surface area contributed by atoms with E-state index in [9.17, 15) is 9.59 Å². The summed E-state index contributed by atoms with van der Waals surface area (Å²) < 4.78 is 0. The Labute approximate surface area is 163 Å². The number of carbonyl (C=O) groups is 2. The van der Waals surface area contributed by atoms with Crippen molar-refractivity contribution < 1.29 is 9.59 Å². The van der Waals surface area contributed by atoms with E-state index < -0.39 is 0 Å². The van der Waals surface area contributed by atoms with Gasteiger partial charge in [-0.1, -0.05) is 30.3 Å². The zero-order chi connectivity index (χ0) is 19.9. The van der Waals surface area contributed by atoms with Gasteiger partial charge in [-0.3, -0.25) is 9.59 Å². The fourth-order valence-electron chi connectivity index (χ4n) is 2.61. The lowest BCUT2D eigenvalue weighted by molar-refractivity contribution is -0.114. The van der Waals surface area contributed by atoms with Crippen molar-refractivity contribution in [2.24, 2.45) is 0 Å². The van der Waals surface area contributed by atoms with Gasteiger partial charge in [0.1, 0.15) is 5.69 Å².